The number of likely N-dealkylation sites (tertiary alicyclic amines) is 1. The van der Waals surface area contributed by atoms with Crippen molar-refractivity contribution in [3.63, 3.8) is 0 Å². The maximum absolute atomic E-state index is 12.0. The van der Waals surface area contributed by atoms with Gasteiger partial charge in [-0.25, -0.2) is 0 Å². The third-order valence-corrected chi connectivity index (χ3v) is 6.56. The van der Waals surface area contributed by atoms with E-state index in [1.807, 2.05) is 6.07 Å². The van der Waals surface area contributed by atoms with E-state index >= 15 is 0 Å². The summed E-state index contributed by atoms with van der Waals surface area (Å²) < 4.78 is 5.28. The molecular weight excluding hydrogens is 406 g/mol. The molecule has 3 heterocycles. The summed E-state index contributed by atoms with van der Waals surface area (Å²) in [5.74, 6) is 1.92. The van der Waals surface area contributed by atoms with Gasteiger partial charge in [0.25, 0.3) is 5.91 Å². The first-order valence-electron chi connectivity index (χ1n) is 11.6. The molecule has 8 nitrogen and oxygen atoms in total. The second-order valence-electron chi connectivity index (χ2n) is 9.99. The molecule has 0 unspecified atom stereocenters. The number of hydrogen-bond acceptors (Lipinski definition) is 6. The Labute approximate surface area is 190 Å². The molecule has 1 saturated heterocycles. The molecule has 0 spiro atoms. The van der Waals surface area contributed by atoms with Crippen molar-refractivity contribution in [3.8, 4) is 0 Å². The summed E-state index contributed by atoms with van der Waals surface area (Å²) in [5.41, 5.74) is 6.81. The zero-order chi connectivity index (χ0) is 23.1. The number of aromatic nitrogens is 2. The number of H-pyrrole nitrogens is 1. The van der Waals surface area contributed by atoms with Gasteiger partial charge in [0, 0.05) is 6.04 Å². The van der Waals surface area contributed by atoms with Crippen LogP contribution in [-0.2, 0) is 6.54 Å². The molecule has 0 radical (unpaired) electrons. The van der Waals surface area contributed by atoms with Gasteiger partial charge >= 0.3 is 0 Å². The molecule has 32 heavy (non-hydrogen) atoms. The molecule has 2 aromatic heterocycles. The van der Waals surface area contributed by atoms with Crippen molar-refractivity contribution in [2.45, 2.75) is 71.9 Å². The van der Waals surface area contributed by atoms with Crippen LogP contribution in [0.1, 0.15) is 86.1 Å². The monoisotopic (exact) mass is 443 g/mol. The van der Waals surface area contributed by atoms with Gasteiger partial charge in [0.05, 0.1) is 18.4 Å². The van der Waals surface area contributed by atoms with E-state index in [0.29, 0.717) is 22.6 Å². The second-order valence-corrected chi connectivity index (χ2v) is 9.99. The number of carbonyl (C=O) groups is 2. The van der Waals surface area contributed by atoms with Crippen molar-refractivity contribution in [2.24, 2.45) is 11.3 Å². The van der Waals surface area contributed by atoms with Crippen molar-refractivity contribution >= 4 is 17.9 Å². The molecule has 4 N–H and O–H groups in total. The van der Waals surface area contributed by atoms with Crippen LogP contribution >= 0.6 is 0 Å². The average molecular weight is 444 g/mol. The van der Waals surface area contributed by atoms with E-state index in [-0.39, 0.29) is 11.9 Å². The fraction of sp³-hybridized carbons (Fsp3) is 0.625. The van der Waals surface area contributed by atoms with Gasteiger partial charge in [0.15, 0.2) is 12.0 Å². The summed E-state index contributed by atoms with van der Waals surface area (Å²) in [6.07, 6.45) is 9.20. The summed E-state index contributed by atoms with van der Waals surface area (Å²) in [6.45, 7) is 10.0. The molecule has 2 fully saturated rings. The molecule has 0 aromatic carbocycles. The van der Waals surface area contributed by atoms with Gasteiger partial charge in [-0.3, -0.25) is 19.6 Å². The van der Waals surface area contributed by atoms with Crippen molar-refractivity contribution in [1.82, 2.24) is 20.4 Å². The van der Waals surface area contributed by atoms with Crippen LogP contribution in [0.2, 0.25) is 0 Å². The zero-order valence-electron chi connectivity index (χ0n) is 19.5. The largest absolute Gasteiger partial charge is 0.457 e. The topological polar surface area (TPSA) is 117 Å². The SMILES string of the molecule is CC(C)(C)C1CCC(NC(=O)c2[nH]ncc2N)CC1.O=Cc1ccc(CN2CCCC2)o1. The first-order chi connectivity index (χ1) is 15.3. The Hall–Kier alpha value is -2.61. The normalized spacial score (nSPS) is 21.6. The average Bonchev–Trinajstić information content (AvgIpc) is 3.51. The lowest BCUT2D eigenvalue weighted by molar-refractivity contribution is 0.0899. The summed E-state index contributed by atoms with van der Waals surface area (Å²) in [6, 6.07) is 3.86. The minimum atomic E-state index is -0.144. The third-order valence-electron chi connectivity index (χ3n) is 6.56. The number of anilines is 1. The van der Waals surface area contributed by atoms with E-state index in [4.69, 9.17) is 10.2 Å². The van der Waals surface area contributed by atoms with Gasteiger partial charge < -0.3 is 15.5 Å². The van der Waals surface area contributed by atoms with Crippen LogP contribution in [0.4, 0.5) is 5.69 Å². The number of nitrogens with two attached hydrogens (primary N) is 1. The predicted octanol–water partition coefficient (Wildman–Crippen LogP) is 4.01. The van der Waals surface area contributed by atoms with E-state index in [1.165, 1.54) is 31.9 Å². The highest BCUT2D eigenvalue weighted by molar-refractivity contribution is 5.97. The summed E-state index contributed by atoms with van der Waals surface area (Å²) in [7, 11) is 0. The van der Waals surface area contributed by atoms with Gasteiger partial charge in [-0.05, 0) is 75.1 Å². The summed E-state index contributed by atoms with van der Waals surface area (Å²) in [4.78, 5) is 24.7. The molecule has 8 heteroatoms. The Morgan fingerprint density at radius 1 is 1.25 bits per heavy atom. The van der Waals surface area contributed by atoms with Gasteiger partial charge in [-0.1, -0.05) is 20.8 Å². The number of nitrogens with one attached hydrogen (secondary N) is 2. The van der Waals surface area contributed by atoms with E-state index in [2.05, 4.69) is 41.2 Å². The minimum Gasteiger partial charge on any atom is -0.457 e. The molecule has 176 valence electrons. The van der Waals surface area contributed by atoms with Crippen LogP contribution in [0, 0.1) is 11.3 Å². The van der Waals surface area contributed by atoms with E-state index in [9.17, 15) is 9.59 Å². The highest BCUT2D eigenvalue weighted by atomic mass is 16.3. The zero-order valence-corrected chi connectivity index (χ0v) is 19.5. The highest BCUT2D eigenvalue weighted by Crippen LogP contribution is 2.37. The second kappa shape index (κ2) is 10.8. The summed E-state index contributed by atoms with van der Waals surface area (Å²) in [5, 5.41) is 9.45. The summed E-state index contributed by atoms with van der Waals surface area (Å²) >= 11 is 0. The van der Waals surface area contributed by atoms with Gasteiger partial charge in [-0.2, -0.15) is 5.10 Å². The van der Waals surface area contributed by atoms with Crippen LogP contribution in [0.25, 0.3) is 0 Å². The van der Waals surface area contributed by atoms with Crippen molar-refractivity contribution < 1.29 is 14.0 Å². The number of amides is 1. The van der Waals surface area contributed by atoms with Crippen LogP contribution in [-0.4, -0.2) is 46.4 Å². The van der Waals surface area contributed by atoms with Crippen molar-refractivity contribution in [3.05, 3.63) is 35.5 Å². The van der Waals surface area contributed by atoms with Gasteiger partial charge in [0.1, 0.15) is 11.5 Å². The Kier molecular flexibility index (Phi) is 8.12. The molecule has 0 bridgehead atoms. The number of hydrogen-bond donors (Lipinski definition) is 3. The highest BCUT2D eigenvalue weighted by Gasteiger charge is 2.30. The van der Waals surface area contributed by atoms with Crippen molar-refractivity contribution in [1.29, 1.82) is 0 Å². The van der Waals surface area contributed by atoms with E-state index in [0.717, 1.165) is 50.4 Å². The van der Waals surface area contributed by atoms with Crippen molar-refractivity contribution in [2.75, 3.05) is 18.8 Å². The molecular formula is C24H37N5O3. The number of furan rings is 1. The Balaban J connectivity index is 0.000000193. The van der Waals surface area contributed by atoms with E-state index < -0.39 is 0 Å². The molecule has 1 saturated carbocycles. The molecule has 2 aromatic rings. The number of nitrogens with zero attached hydrogens (tertiary/aromatic N) is 2. The van der Waals surface area contributed by atoms with Crippen LogP contribution in [0.15, 0.2) is 22.7 Å². The maximum Gasteiger partial charge on any atom is 0.271 e. The molecule has 1 amide bonds. The Bertz CT molecular complexity index is 868. The number of aromatic amines is 1. The minimum absolute atomic E-state index is 0.144. The quantitative estimate of drug-likeness (QED) is 0.601. The molecule has 0 atom stereocenters. The van der Waals surface area contributed by atoms with Gasteiger partial charge in [-0.15, -0.1) is 0 Å². The first kappa shape index (κ1) is 24.0. The number of rotatable bonds is 5. The van der Waals surface area contributed by atoms with E-state index in [1.54, 1.807) is 6.07 Å². The number of aldehydes is 1. The molecule has 4 rings (SSSR count). The lowest BCUT2D eigenvalue weighted by Crippen LogP contribution is -2.39. The number of carbonyl (C=O) groups excluding carboxylic acids is 2. The predicted molar refractivity (Wildman–Crippen MR) is 124 cm³/mol. The Morgan fingerprint density at radius 3 is 2.47 bits per heavy atom. The molecule has 1 aliphatic carbocycles. The first-order valence-corrected chi connectivity index (χ1v) is 11.6. The third kappa shape index (κ3) is 6.69. The van der Waals surface area contributed by atoms with Crippen LogP contribution in [0.3, 0.4) is 0 Å². The fourth-order valence-electron chi connectivity index (χ4n) is 4.54. The fourth-order valence-corrected chi connectivity index (χ4v) is 4.54. The Morgan fingerprint density at radius 2 is 1.94 bits per heavy atom. The lowest BCUT2D eigenvalue weighted by Gasteiger charge is -2.37. The van der Waals surface area contributed by atoms with Crippen LogP contribution < -0.4 is 11.1 Å². The molecule has 1 aliphatic heterocycles. The lowest BCUT2D eigenvalue weighted by atomic mass is 9.71. The number of nitrogen functional groups attached to an aromatic ring is 1. The van der Waals surface area contributed by atoms with Gasteiger partial charge in [0.2, 0.25) is 0 Å². The van der Waals surface area contributed by atoms with Crippen LogP contribution in [0.5, 0.6) is 0 Å². The standard InChI is InChI=1S/C14H24N4O.C10H13NO2/c1-14(2,3)9-4-6-10(7-5-9)17-13(19)12-11(15)8-16-18-12;12-8-10-4-3-9(13-10)7-11-5-1-2-6-11/h8-10H,4-7,15H2,1-3H3,(H,16,18)(H,17,19);3-4,8H,1-2,5-7H2. The molecule has 2 aliphatic rings. The maximum atomic E-state index is 12.0. The smallest absolute Gasteiger partial charge is 0.271 e.